The first kappa shape index (κ1) is 17.7. The van der Waals surface area contributed by atoms with Gasteiger partial charge in [0.15, 0.2) is 0 Å². The lowest BCUT2D eigenvalue weighted by Gasteiger charge is -2.17. The second kappa shape index (κ2) is 7.39. The fraction of sp³-hybridized carbons (Fsp3) is 0.250. The third-order valence-electron chi connectivity index (χ3n) is 4.40. The molecule has 0 aliphatic carbocycles. The first-order valence-corrected chi connectivity index (χ1v) is 8.35. The monoisotopic (exact) mass is 352 g/mol. The highest BCUT2D eigenvalue weighted by atomic mass is 16.5. The quantitative estimate of drug-likeness (QED) is 0.859. The Morgan fingerprint density at radius 1 is 1.15 bits per heavy atom. The normalized spacial score (nSPS) is 16.5. The lowest BCUT2D eigenvalue weighted by atomic mass is 10.1. The van der Waals surface area contributed by atoms with Gasteiger partial charge in [-0.2, -0.15) is 0 Å². The number of methoxy groups -OCH3 is 1. The maximum atomic E-state index is 12.6. The van der Waals surface area contributed by atoms with Crippen LogP contribution in [0.1, 0.15) is 22.3 Å². The minimum atomic E-state index is -0.523. The van der Waals surface area contributed by atoms with Gasteiger partial charge in [0.05, 0.1) is 24.3 Å². The highest BCUT2D eigenvalue weighted by Crippen LogP contribution is 2.27. The molecule has 1 aliphatic rings. The van der Waals surface area contributed by atoms with Crippen LogP contribution in [0, 0.1) is 12.8 Å². The molecule has 1 N–H and O–H groups in total. The van der Waals surface area contributed by atoms with Crippen LogP contribution in [0.2, 0.25) is 0 Å². The van der Waals surface area contributed by atoms with E-state index in [1.807, 2.05) is 31.2 Å². The Bertz CT molecular complexity index is 862. The van der Waals surface area contributed by atoms with Crippen molar-refractivity contribution in [1.82, 2.24) is 0 Å². The van der Waals surface area contributed by atoms with E-state index in [1.165, 1.54) is 7.11 Å². The summed E-state index contributed by atoms with van der Waals surface area (Å²) < 4.78 is 4.73. The topological polar surface area (TPSA) is 75.7 Å². The molecule has 0 aromatic heterocycles. The summed E-state index contributed by atoms with van der Waals surface area (Å²) in [6, 6.07) is 14.3. The molecule has 0 spiro atoms. The van der Waals surface area contributed by atoms with E-state index in [0.29, 0.717) is 12.2 Å². The summed E-state index contributed by atoms with van der Waals surface area (Å²) in [4.78, 5) is 38.4. The first-order valence-electron chi connectivity index (χ1n) is 8.35. The molecule has 2 aromatic carbocycles. The van der Waals surface area contributed by atoms with Crippen molar-refractivity contribution in [1.29, 1.82) is 0 Å². The number of nitrogens with one attached hydrogen (secondary N) is 1. The zero-order chi connectivity index (χ0) is 18.7. The highest BCUT2D eigenvalue weighted by molar-refractivity contribution is 6.06. The van der Waals surface area contributed by atoms with Crippen LogP contribution in [0.15, 0.2) is 48.5 Å². The van der Waals surface area contributed by atoms with Gasteiger partial charge in [0, 0.05) is 18.7 Å². The lowest BCUT2D eigenvalue weighted by molar-refractivity contribution is -0.122. The molecule has 1 unspecified atom stereocenters. The fourth-order valence-electron chi connectivity index (χ4n) is 3.04. The van der Waals surface area contributed by atoms with Crippen molar-refractivity contribution >= 4 is 29.2 Å². The predicted octanol–water partition coefficient (Wildman–Crippen LogP) is 2.77. The van der Waals surface area contributed by atoms with Gasteiger partial charge in [-0.05, 0) is 36.8 Å². The Labute approximate surface area is 151 Å². The molecule has 1 heterocycles. The van der Waals surface area contributed by atoms with Crippen LogP contribution in [0.25, 0.3) is 0 Å². The van der Waals surface area contributed by atoms with Crippen LogP contribution < -0.4 is 10.2 Å². The summed E-state index contributed by atoms with van der Waals surface area (Å²) in [5, 5.41) is 2.75. The fourth-order valence-corrected chi connectivity index (χ4v) is 3.04. The van der Waals surface area contributed by atoms with Crippen LogP contribution in [-0.4, -0.2) is 31.4 Å². The molecule has 1 saturated heterocycles. The van der Waals surface area contributed by atoms with Crippen molar-refractivity contribution in [2.45, 2.75) is 13.3 Å². The number of esters is 1. The summed E-state index contributed by atoms with van der Waals surface area (Å²) in [6.07, 6.45) is 0.139. The van der Waals surface area contributed by atoms with Gasteiger partial charge < -0.3 is 15.0 Å². The minimum absolute atomic E-state index is 0.0861. The molecule has 2 amide bonds. The Balaban J connectivity index is 1.74. The molecule has 1 fully saturated rings. The van der Waals surface area contributed by atoms with E-state index in [-0.39, 0.29) is 23.8 Å². The van der Waals surface area contributed by atoms with Crippen LogP contribution >= 0.6 is 0 Å². The minimum Gasteiger partial charge on any atom is -0.465 e. The van der Waals surface area contributed by atoms with Crippen LogP contribution in [-0.2, 0) is 14.3 Å². The molecule has 2 aromatic rings. The zero-order valence-electron chi connectivity index (χ0n) is 14.7. The van der Waals surface area contributed by atoms with E-state index < -0.39 is 11.9 Å². The summed E-state index contributed by atoms with van der Waals surface area (Å²) in [7, 11) is 1.29. The molecule has 6 nitrogen and oxygen atoms in total. The number of aryl methyl sites for hydroxylation is 1. The van der Waals surface area contributed by atoms with E-state index >= 15 is 0 Å². The molecule has 0 saturated carbocycles. The maximum Gasteiger partial charge on any atom is 0.339 e. The molecule has 1 atom stereocenters. The Morgan fingerprint density at radius 2 is 1.92 bits per heavy atom. The second-order valence-corrected chi connectivity index (χ2v) is 6.27. The third-order valence-corrected chi connectivity index (χ3v) is 4.40. The second-order valence-electron chi connectivity index (χ2n) is 6.27. The Morgan fingerprint density at radius 3 is 2.65 bits per heavy atom. The number of benzene rings is 2. The van der Waals surface area contributed by atoms with Crippen LogP contribution in [0.5, 0.6) is 0 Å². The van der Waals surface area contributed by atoms with Gasteiger partial charge in [-0.25, -0.2) is 4.79 Å². The number of hydrogen-bond acceptors (Lipinski definition) is 4. The molecule has 0 bridgehead atoms. The highest BCUT2D eigenvalue weighted by Gasteiger charge is 2.35. The average molecular weight is 352 g/mol. The van der Waals surface area contributed by atoms with Crippen molar-refractivity contribution in [3.63, 3.8) is 0 Å². The largest absolute Gasteiger partial charge is 0.465 e. The van der Waals surface area contributed by atoms with Crippen molar-refractivity contribution in [3.8, 4) is 0 Å². The smallest absolute Gasteiger partial charge is 0.339 e. The molecule has 0 radical (unpaired) electrons. The number of carbonyl (C=O) groups is 3. The van der Waals surface area contributed by atoms with Crippen molar-refractivity contribution in [2.75, 3.05) is 23.9 Å². The summed E-state index contributed by atoms with van der Waals surface area (Å²) in [5.74, 6) is -1.37. The standard InChI is InChI=1S/C20H20N2O4/c1-13-6-5-7-15(10-13)22-12-14(11-18(22)23)19(24)21-17-9-4-3-8-16(17)20(25)26-2/h3-10,14H,11-12H2,1-2H3,(H,21,24). The lowest BCUT2D eigenvalue weighted by Crippen LogP contribution is -2.28. The first-order chi connectivity index (χ1) is 12.5. The van der Waals surface area contributed by atoms with Crippen LogP contribution in [0.3, 0.4) is 0 Å². The number of carbonyl (C=O) groups excluding carboxylic acids is 3. The molecular formula is C20H20N2O4. The third kappa shape index (κ3) is 3.59. The molecule has 3 rings (SSSR count). The number of ether oxygens (including phenoxy) is 1. The van der Waals surface area contributed by atoms with Crippen molar-refractivity contribution in [2.24, 2.45) is 5.92 Å². The number of rotatable bonds is 4. The van der Waals surface area contributed by atoms with Gasteiger partial charge in [-0.1, -0.05) is 24.3 Å². The van der Waals surface area contributed by atoms with E-state index in [0.717, 1.165) is 11.3 Å². The van der Waals surface area contributed by atoms with Gasteiger partial charge >= 0.3 is 5.97 Å². The Kier molecular flexibility index (Phi) is 5.02. The van der Waals surface area contributed by atoms with Gasteiger partial charge in [-0.15, -0.1) is 0 Å². The molecular weight excluding hydrogens is 332 g/mol. The molecule has 134 valence electrons. The SMILES string of the molecule is COC(=O)c1ccccc1NC(=O)C1CC(=O)N(c2cccc(C)c2)C1. The molecule has 26 heavy (non-hydrogen) atoms. The van der Waals surface area contributed by atoms with E-state index in [1.54, 1.807) is 29.2 Å². The number of amides is 2. The summed E-state index contributed by atoms with van der Waals surface area (Å²) in [5.41, 5.74) is 2.50. The summed E-state index contributed by atoms with van der Waals surface area (Å²) >= 11 is 0. The summed E-state index contributed by atoms with van der Waals surface area (Å²) in [6.45, 7) is 2.27. The van der Waals surface area contributed by atoms with Crippen LogP contribution in [0.4, 0.5) is 11.4 Å². The molecule has 6 heteroatoms. The number of para-hydroxylation sites is 1. The average Bonchev–Trinajstić information content (AvgIpc) is 3.03. The number of anilines is 2. The number of nitrogens with zero attached hydrogens (tertiary/aromatic N) is 1. The Hall–Kier alpha value is -3.15. The van der Waals surface area contributed by atoms with Crippen molar-refractivity contribution in [3.05, 3.63) is 59.7 Å². The van der Waals surface area contributed by atoms with Gasteiger partial charge in [-0.3, -0.25) is 9.59 Å². The number of hydrogen-bond donors (Lipinski definition) is 1. The van der Waals surface area contributed by atoms with Gasteiger partial charge in [0.25, 0.3) is 0 Å². The maximum absolute atomic E-state index is 12.6. The molecule has 1 aliphatic heterocycles. The van der Waals surface area contributed by atoms with E-state index in [9.17, 15) is 14.4 Å². The van der Waals surface area contributed by atoms with Gasteiger partial charge in [0.1, 0.15) is 0 Å². The zero-order valence-corrected chi connectivity index (χ0v) is 14.7. The van der Waals surface area contributed by atoms with E-state index in [4.69, 9.17) is 4.74 Å². The van der Waals surface area contributed by atoms with Gasteiger partial charge in [0.2, 0.25) is 11.8 Å². The van der Waals surface area contributed by atoms with Crippen molar-refractivity contribution < 1.29 is 19.1 Å². The van der Waals surface area contributed by atoms with E-state index in [2.05, 4.69) is 5.32 Å². The predicted molar refractivity (Wildman–Crippen MR) is 98.1 cm³/mol.